The van der Waals surface area contributed by atoms with Gasteiger partial charge in [-0.1, -0.05) is 47.1 Å². The van der Waals surface area contributed by atoms with Crippen molar-refractivity contribution in [1.29, 1.82) is 0 Å². The summed E-state index contributed by atoms with van der Waals surface area (Å²) in [5, 5.41) is 0. The minimum atomic E-state index is -0.971. The molecule has 54 heavy (non-hydrogen) atoms. The van der Waals surface area contributed by atoms with Crippen LogP contribution in [0.4, 0.5) is 0 Å². The van der Waals surface area contributed by atoms with Gasteiger partial charge in [0.15, 0.2) is 18.2 Å². The van der Waals surface area contributed by atoms with Crippen LogP contribution < -0.4 is 0 Å². The van der Waals surface area contributed by atoms with Crippen LogP contribution in [0.1, 0.15) is 133 Å². The van der Waals surface area contributed by atoms with Crippen LogP contribution in [-0.4, -0.2) is 74.1 Å². The fraction of sp³-hybridized carbons (Fsp3) is 0.837. The molecule has 13 atom stereocenters. The fourth-order valence-electron chi connectivity index (χ4n) is 13.0. The monoisotopic (exact) mass is 756 g/mol. The molecule has 4 saturated carbocycles. The molecule has 11 heteroatoms. The molecule has 5 aliphatic carbocycles. The summed E-state index contributed by atoms with van der Waals surface area (Å²) in [4.78, 5) is 63.9. The summed E-state index contributed by atoms with van der Waals surface area (Å²) in [5.41, 5.74) is -0.304. The van der Waals surface area contributed by atoms with Gasteiger partial charge in [-0.2, -0.15) is 0 Å². The third-order valence-corrected chi connectivity index (χ3v) is 16.1. The number of hydrogen-bond acceptors (Lipinski definition) is 11. The van der Waals surface area contributed by atoms with Crippen molar-refractivity contribution in [3.8, 4) is 0 Å². The third-order valence-electron chi connectivity index (χ3n) is 16.1. The van der Waals surface area contributed by atoms with E-state index in [2.05, 4.69) is 41.5 Å². The minimum Gasteiger partial charge on any atom is -0.469 e. The van der Waals surface area contributed by atoms with Gasteiger partial charge in [0.2, 0.25) is 0 Å². The van der Waals surface area contributed by atoms with Crippen molar-refractivity contribution in [3.05, 3.63) is 11.6 Å². The average Bonchev–Trinajstić information content (AvgIpc) is 3.07. The Balaban J connectivity index is 1.27. The summed E-state index contributed by atoms with van der Waals surface area (Å²) in [6.07, 6.45) is 6.32. The molecule has 0 radical (unpaired) electrons. The van der Waals surface area contributed by atoms with E-state index in [0.29, 0.717) is 12.8 Å². The first-order valence-electron chi connectivity index (χ1n) is 20.2. The number of rotatable bonds is 7. The quantitative estimate of drug-likeness (QED) is 0.150. The first kappa shape index (κ1) is 40.9. The van der Waals surface area contributed by atoms with Crippen LogP contribution in [-0.2, 0) is 52.4 Å². The zero-order valence-electron chi connectivity index (χ0n) is 34.5. The summed E-state index contributed by atoms with van der Waals surface area (Å²) in [7, 11) is 1.48. The van der Waals surface area contributed by atoms with E-state index in [0.717, 1.165) is 44.9 Å². The van der Waals surface area contributed by atoms with E-state index in [1.54, 1.807) is 0 Å². The summed E-state index contributed by atoms with van der Waals surface area (Å²) in [6.45, 7) is 19.7. The highest BCUT2D eigenvalue weighted by atomic mass is 16.7. The van der Waals surface area contributed by atoms with Crippen molar-refractivity contribution in [2.45, 2.75) is 164 Å². The molecule has 1 heterocycles. The van der Waals surface area contributed by atoms with Crippen LogP contribution in [0.25, 0.3) is 0 Å². The molecule has 0 aromatic heterocycles. The molecule has 5 fully saturated rings. The largest absolute Gasteiger partial charge is 0.469 e. The number of esters is 4. The van der Waals surface area contributed by atoms with Crippen LogP contribution >= 0.6 is 0 Å². The van der Waals surface area contributed by atoms with E-state index in [-0.39, 0.29) is 75.7 Å². The van der Waals surface area contributed by atoms with Crippen molar-refractivity contribution in [2.75, 3.05) is 13.7 Å². The molecule has 0 aromatic carbocycles. The van der Waals surface area contributed by atoms with E-state index in [4.69, 9.17) is 28.4 Å². The van der Waals surface area contributed by atoms with Gasteiger partial charge >= 0.3 is 23.9 Å². The molecule has 0 spiro atoms. The van der Waals surface area contributed by atoms with Crippen LogP contribution in [0.5, 0.6) is 0 Å². The molecule has 1 aliphatic heterocycles. The predicted octanol–water partition coefficient (Wildman–Crippen LogP) is 7.07. The van der Waals surface area contributed by atoms with Gasteiger partial charge in [-0.05, 0) is 110 Å². The van der Waals surface area contributed by atoms with Crippen molar-refractivity contribution < 1.29 is 52.4 Å². The van der Waals surface area contributed by atoms with Crippen LogP contribution in [0, 0.1) is 50.2 Å². The summed E-state index contributed by atoms with van der Waals surface area (Å²) in [5.74, 6) is -1.37. The lowest BCUT2D eigenvalue weighted by atomic mass is 9.33. The second kappa shape index (κ2) is 14.0. The van der Waals surface area contributed by atoms with Gasteiger partial charge in [0.05, 0.1) is 18.6 Å². The zero-order valence-corrected chi connectivity index (χ0v) is 34.5. The minimum absolute atomic E-state index is 0.0475. The number of fused-ring (bicyclic) bond motifs is 7. The molecule has 1 unspecified atom stereocenters. The second-order valence-electron chi connectivity index (χ2n) is 19.6. The van der Waals surface area contributed by atoms with Gasteiger partial charge < -0.3 is 28.4 Å². The van der Waals surface area contributed by atoms with Gasteiger partial charge in [-0.15, -0.1) is 0 Å². The molecule has 0 amide bonds. The average molecular weight is 757 g/mol. The summed E-state index contributed by atoms with van der Waals surface area (Å²) >= 11 is 0. The Morgan fingerprint density at radius 3 is 2.13 bits per heavy atom. The SMILES string of the molecule is COC(=O)[C@@]1(C)CC[C@]2(C)CC[C@]3(C)C(=CC(=O)[C@@H]4[C@@]5(C)CC[C@H](O[C@@H]6C[C@@H](OC(C)=O)[C@@H](OC(C)=O)[C@@H](COC(C)=O)O6)C(C)(C)C5CC[C@]43C)[C@@H]2C1. The van der Waals surface area contributed by atoms with Crippen LogP contribution in [0.15, 0.2) is 11.6 Å². The van der Waals surface area contributed by atoms with E-state index in [9.17, 15) is 24.0 Å². The van der Waals surface area contributed by atoms with Crippen molar-refractivity contribution in [1.82, 2.24) is 0 Å². The smallest absolute Gasteiger partial charge is 0.311 e. The van der Waals surface area contributed by atoms with Gasteiger partial charge in [0.25, 0.3) is 0 Å². The molecule has 0 N–H and O–H groups in total. The van der Waals surface area contributed by atoms with Crippen molar-refractivity contribution >= 4 is 29.7 Å². The van der Waals surface area contributed by atoms with E-state index in [1.807, 2.05) is 13.0 Å². The van der Waals surface area contributed by atoms with Gasteiger partial charge in [-0.3, -0.25) is 24.0 Å². The molecule has 6 aliphatic rings. The molecule has 11 nitrogen and oxygen atoms in total. The number of allylic oxidation sites excluding steroid dienone is 2. The second-order valence-corrected chi connectivity index (χ2v) is 19.6. The normalized spacial score (nSPS) is 45.2. The Hall–Kier alpha value is -2.79. The Morgan fingerprint density at radius 1 is 0.833 bits per heavy atom. The first-order valence-corrected chi connectivity index (χ1v) is 20.2. The molecule has 0 aromatic rings. The Labute approximate surface area is 321 Å². The van der Waals surface area contributed by atoms with Gasteiger partial charge in [-0.25, -0.2) is 0 Å². The maximum Gasteiger partial charge on any atom is 0.311 e. The predicted molar refractivity (Wildman–Crippen MR) is 197 cm³/mol. The maximum atomic E-state index is 14.9. The van der Waals surface area contributed by atoms with Crippen molar-refractivity contribution in [2.24, 2.45) is 50.2 Å². The highest BCUT2D eigenvalue weighted by molar-refractivity contribution is 5.95. The first-order chi connectivity index (χ1) is 25.0. The standard InChI is InChI=1S/C43H64O11/c1-24(44)50-23-31-35(52-26(3)46)30(51-25(2)45)21-34(53-31)54-33-13-14-41(8)32(38(33,4)5)12-15-43(10)36(41)29(47)20-27-28-22-40(7,37(48)49-11)17-16-39(28,6)18-19-42(27,43)9/h20,28,30-36H,12-19,21-23H2,1-11H3/t28-,30+,31+,32?,33-,34+,35+,36+,39+,40-,41-,42+,43+/m0/s1. The number of ketones is 1. The number of ether oxygens (including phenoxy) is 6. The number of hydrogen-bond donors (Lipinski definition) is 0. The Kier molecular flexibility index (Phi) is 10.6. The highest BCUT2D eigenvalue weighted by Crippen LogP contribution is 2.75. The fourth-order valence-corrected chi connectivity index (χ4v) is 13.0. The van der Waals surface area contributed by atoms with Crippen LogP contribution in [0.3, 0.4) is 0 Å². The number of methoxy groups -OCH3 is 1. The summed E-state index contributed by atoms with van der Waals surface area (Å²) < 4.78 is 34.9. The lowest BCUT2D eigenvalue weighted by Gasteiger charge is -2.70. The third kappa shape index (κ3) is 6.54. The maximum absolute atomic E-state index is 14.9. The van der Waals surface area contributed by atoms with Crippen molar-refractivity contribution in [3.63, 3.8) is 0 Å². The molecule has 6 rings (SSSR count). The Morgan fingerprint density at radius 2 is 1.50 bits per heavy atom. The molecule has 302 valence electrons. The highest BCUT2D eigenvalue weighted by Gasteiger charge is 2.70. The number of carbonyl (C=O) groups excluding carboxylic acids is 5. The number of carbonyl (C=O) groups is 5. The summed E-state index contributed by atoms with van der Waals surface area (Å²) in [6, 6.07) is 0. The molecule has 0 bridgehead atoms. The topological polar surface area (TPSA) is 141 Å². The van der Waals surface area contributed by atoms with E-state index >= 15 is 0 Å². The lowest BCUT2D eigenvalue weighted by molar-refractivity contribution is -0.299. The van der Waals surface area contributed by atoms with E-state index < -0.39 is 47.9 Å². The van der Waals surface area contributed by atoms with E-state index in [1.165, 1.54) is 33.5 Å². The molecule has 1 saturated heterocycles. The molecular weight excluding hydrogens is 692 g/mol. The molecular formula is C43H64O11. The van der Waals surface area contributed by atoms with Gasteiger partial charge in [0.1, 0.15) is 18.8 Å². The zero-order chi connectivity index (χ0) is 39.8. The van der Waals surface area contributed by atoms with Crippen LogP contribution in [0.2, 0.25) is 0 Å². The van der Waals surface area contributed by atoms with Gasteiger partial charge in [0, 0.05) is 33.1 Å². The Bertz CT molecular complexity index is 1580. The lowest BCUT2D eigenvalue weighted by Crippen LogP contribution is -2.67.